The summed E-state index contributed by atoms with van der Waals surface area (Å²) >= 11 is 0. The number of alkyl halides is 3. The standard InChI is InChI=1S/C28H27F4N3O3/c1-17(35-26(36)27(2,3)38-25-10-7-21(16-34-25)28(30,31)32)24(13-18-5-8-23(37-4)9-6-18)20-11-19(15-33)12-22(29)14-20/h5-12,14,16-17,24H,13H2,1-4H3,(H,35,36)/i4-1. The van der Waals surface area contributed by atoms with Gasteiger partial charge in [0.25, 0.3) is 5.91 Å². The molecule has 0 aliphatic rings. The number of hydrogen-bond acceptors (Lipinski definition) is 5. The molecular formula is C28H27F4N3O3. The molecule has 2 aromatic carbocycles. The molecule has 0 aliphatic carbocycles. The van der Waals surface area contributed by atoms with E-state index in [1.165, 1.54) is 19.9 Å². The van der Waals surface area contributed by atoms with Crippen molar-refractivity contribution in [2.45, 2.75) is 50.9 Å². The Labute approximate surface area is 218 Å². The highest BCUT2D eigenvalue weighted by atomic mass is 19.4. The van der Waals surface area contributed by atoms with Crippen molar-refractivity contribution in [3.8, 4) is 17.7 Å². The number of rotatable bonds is 9. The van der Waals surface area contributed by atoms with Gasteiger partial charge in [-0.3, -0.25) is 4.79 Å². The predicted octanol–water partition coefficient (Wildman–Crippen LogP) is 5.81. The van der Waals surface area contributed by atoms with E-state index in [1.54, 1.807) is 32.2 Å². The van der Waals surface area contributed by atoms with E-state index < -0.39 is 41.0 Å². The van der Waals surface area contributed by atoms with Crippen molar-refractivity contribution in [1.82, 2.24) is 10.3 Å². The maximum absolute atomic E-state index is 14.3. The number of carbonyl (C=O) groups excluding carboxylic acids is 1. The summed E-state index contributed by atoms with van der Waals surface area (Å²) in [6, 6.07) is 14.6. The van der Waals surface area contributed by atoms with E-state index in [-0.39, 0.29) is 11.4 Å². The van der Waals surface area contributed by atoms with Crippen molar-refractivity contribution in [3.63, 3.8) is 0 Å². The summed E-state index contributed by atoms with van der Waals surface area (Å²) in [5, 5.41) is 12.2. The predicted molar refractivity (Wildman–Crippen MR) is 132 cm³/mol. The minimum absolute atomic E-state index is 0.148. The number of nitrogens with one attached hydrogen (secondary N) is 1. The zero-order valence-electron chi connectivity index (χ0n) is 21.3. The number of nitrogens with zero attached hydrogens (tertiary/aromatic N) is 2. The first-order valence-corrected chi connectivity index (χ1v) is 11.7. The Morgan fingerprint density at radius 1 is 1.11 bits per heavy atom. The number of methoxy groups -OCH3 is 1. The van der Waals surface area contributed by atoms with Crippen LogP contribution in [-0.2, 0) is 17.4 Å². The first-order chi connectivity index (χ1) is 17.8. The third-order valence-corrected chi connectivity index (χ3v) is 6.02. The minimum atomic E-state index is -4.55. The van der Waals surface area contributed by atoms with Crippen LogP contribution in [0.1, 0.15) is 48.9 Å². The second-order valence-electron chi connectivity index (χ2n) is 9.30. The van der Waals surface area contributed by atoms with Gasteiger partial charge in [0.1, 0.15) is 11.6 Å². The van der Waals surface area contributed by atoms with Gasteiger partial charge < -0.3 is 14.8 Å². The summed E-state index contributed by atoms with van der Waals surface area (Å²) in [6.45, 7) is 4.67. The van der Waals surface area contributed by atoms with Gasteiger partial charge in [0.2, 0.25) is 5.88 Å². The highest BCUT2D eigenvalue weighted by Gasteiger charge is 2.35. The highest BCUT2D eigenvalue weighted by Crippen LogP contribution is 2.30. The molecule has 3 aromatic rings. The molecule has 6 nitrogen and oxygen atoms in total. The van der Waals surface area contributed by atoms with Crippen molar-refractivity contribution in [2.24, 2.45) is 0 Å². The van der Waals surface area contributed by atoms with Crippen LogP contribution in [0, 0.1) is 17.1 Å². The van der Waals surface area contributed by atoms with Gasteiger partial charge in [-0.15, -0.1) is 0 Å². The van der Waals surface area contributed by atoms with E-state index in [0.29, 0.717) is 23.9 Å². The Balaban J connectivity index is 1.83. The van der Waals surface area contributed by atoms with Crippen LogP contribution in [0.25, 0.3) is 0 Å². The van der Waals surface area contributed by atoms with E-state index in [9.17, 15) is 27.6 Å². The lowest BCUT2D eigenvalue weighted by molar-refractivity contribution is -0.138. The first kappa shape index (κ1) is 28.4. The molecule has 0 bridgehead atoms. The number of aromatic nitrogens is 1. The van der Waals surface area contributed by atoms with Crippen molar-refractivity contribution < 1.29 is 31.8 Å². The van der Waals surface area contributed by atoms with Crippen LogP contribution in [0.3, 0.4) is 0 Å². The van der Waals surface area contributed by atoms with Gasteiger partial charge in [-0.1, -0.05) is 12.1 Å². The molecule has 2 atom stereocenters. The van der Waals surface area contributed by atoms with Gasteiger partial charge in [-0.2, -0.15) is 18.4 Å². The van der Waals surface area contributed by atoms with Crippen molar-refractivity contribution in [3.05, 3.63) is 88.9 Å². The molecule has 2 unspecified atom stereocenters. The van der Waals surface area contributed by atoms with Crippen LogP contribution in [0.2, 0.25) is 0 Å². The molecule has 38 heavy (non-hydrogen) atoms. The lowest BCUT2D eigenvalue weighted by atomic mass is 9.85. The molecule has 0 saturated heterocycles. The van der Waals surface area contributed by atoms with Crippen molar-refractivity contribution in [2.75, 3.05) is 7.11 Å². The van der Waals surface area contributed by atoms with Crippen LogP contribution >= 0.6 is 0 Å². The Morgan fingerprint density at radius 2 is 1.79 bits per heavy atom. The second kappa shape index (κ2) is 11.5. The van der Waals surface area contributed by atoms with Gasteiger partial charge in [-0.05, 0) is 74.7 Å². The lowest BCUT2D eigenvalue weighted by Crippen LogP contribution is -2.51. The zero-order valence-corrected chi connectivity index (χ0v) is 21.3. The average molecular weight is 529 g/mol. The zero-order chi connectivity index (χ0) is 28.1. The molecular weight excluding hydrogens is 501 g/mol. The monoisotopic (exact) mass is 528 g/mol. The van der Waals surface area contributed by atoms with Gasteiger partial charge in [0.15, 0.2) is 5.60 Å². The van der Waals surface area contributed by atoms with E-state index >= 15 is 0 Å². The maximum Gasteiger partial charge on any atom is 0.417 e. The fraction of sp³-hybridized carbons (Fsp3) is 0.321. The maximum atomic E-state index is 14.3. The van der Waals surface area contributed by atoms with Gasteiger partial charge in [0.05, 0.1) is 24.3 Å². The summed E-state index contributed by atoms with van der Waals surface area (Å²) in [4.78, 5) is 16.8. The number of nitriles is 1. The Hall–Kier alpha value is -4.13. The highest BCUT2D eigenvalue weighted by molar-refractivity contribution is 5.85. The van der Waals surface area contributed by atoms with Gasteiger partial charge in [-0.25, -0.2) is 9.37 Å². The summed E-state index contributed by atoms with van der Waals surface area (Å²) in [5.41, 5.74) is -0.868. The number of hydrogen-bond donors (Lipinski definition) is 1. The van der Waals surface area contributed by atoms with Crippen LogP contribution in [0.5, 0.6) is 11.6 Å². The topological polar surface area (TPSA) is 84.2 Å². The van der Waals surface area contributed by atoms with E-state index in [4.69, 9.17) is 9.47 Å². The molecule has 1 amide bonds. The number of carbonyl (C=O) groups is 1. The summed E-state index contributed by atoms with van der Waals surface area (Å²) in [6.07, 6.45) is -3.51. The first-order valence-electron chi connectivity index (χ1n) is 11.7. The lowest BCUT2D eigenvalue weighted by Gasteiger charge is -2.30. The summed E-state index contributed by atoms with van der Waals surface area (Å²) < 4.78 is 63.6. The number of benzene rings is 2. The number of ether oxygens (including phenoxy) is 2. The third kappa shape index (κ3) is 7.22. The smallest absolute Gasteiger partial charge is 0.417 e. The van der Waals surface area contributed by atoms with E-state index in [1.807, 2.05) is 18.2 Å². The van der Waals surface area contributed by atoms with Gasteiger partial charge in [0, 0.05) is 24.2 Å². The van der Waals surface area contributed by atoms with Crippen LogP contribution in [0.4, 0.5) is 17.6 Å². The number of amides is 1. The fourth-order valence-electron chi connectivity index (χ4n) is 3.89. The molecule has 0 saturated carbocycles. The molecule has 200 valence electrons. The quantitative estimate of drug-likeness (QED) is 0.355. The molecule has 0 radical (unpaired) electrons. The molecule has 0 fully saturated rings. The Bertz CT molecular complexity index is 1300. The second-order valence-corrected chi connectivity index (χ2v) is 9.30. The number of halogens is 4. The molecule has 3 rings (SSSR count). The summed E-state index contributed by atoms with van der Waals surface area (Å²) in [7, 11) is 1.55. The van der Waals surface area contributed by atoms with E-state index in [0.717, 1.165) is 23.8 Å². The molecule has 0 aliphatic heterocycles. The number of pyridine rings is 1. The average Bonchev–Trinajstić information content (AvgIpc) is 2.86. The fourth-order valence-corrected chi connectivity index (χ4v) is 3.89. The Morgan fingerprint density at radius 3 is 2.34 bits per heavy atom. The van der Waals surface area contributed by atoms with Crippen LogP contribution in [0.15, 0.2) is 60.8 Å². The minimum Gasteiger partial charge on any atom is -0.497 e. The molecule has 1 aromatic heterocycles. The molecule has 0 spiro atoms. The van der Waals surface area contributed by atoms with Crippen molar-refractivity contribution >= 4 is 5.91 Å². The largest absolute Gasteiger partial charge is 0.497 e. The SMILES string of the molecule is CC(NC(=O)C(C)(C)Oc1ccc(C(F)(F)F)cn1)C(Cc1ccc(O[11CH3])cc1)c1cc(F)cc(C#N)c1. The van der Waals surface area contributed by atoms with Crippen LogP contribution < -0.4 is 14.8 Å². The van der Waals surface area contributed by atoms with E-state index in [2.05, 4.69) is 10.3 Å². The molecule has 10 heteroatoms. The summed E-state index contributed by atoms with van der Waals surface area (Å²) in [5.74, 6) is -1.04. The normalized spacial score (nSPS) is 13.2. The van der Waals surface area contributed by atoms with Gasteiger partial charge >= 0.3 is 6.18 Å². The molecule has 1 N–H and O–H groups in total. The Kier molecular flexibility index (Phi) is 8.61. The van der Waals surface area contributed by atoms with Crippen molar-refractivity contribution in [1.29, 1.82) is 5.26 Å². The molecule has 1 heterocycles. The third-order valence-electron chi connectivity index (χ3n) is 6.02. The van der Waals surface area contributed by atoms with Crippen LogP contribution in [-0.4, -0.2) is 29.6 Å².